The van der Waals surface area contributed by atoms with Crippen molar-refractivity contribution in [1.82, 2.24) is 0 Å². The summed E-state index contributed by atoms with van der Waals surface area (Å²) in [7, 11) is 1.38. The number of esters is 1. The fraction of sp³-hybridized carbons (Fsp3) is 0.286. The molecular weight excluding hydrogens is 289 g/mol. The van der Waals surface area contributed by atoms with Crippen LogP contribution in [0.3, 0.4) is 0 Å². The maximum absolute atomic E-state index is 11.9. The largest absolute Gasteiger partial charge is 0.496 e. The zero-order valence-corrected chi connectivity index (χ0v) is 11.4. The lowest BCUT2D eigenvalue weighted by atomic mass is 10.0. The molecule has 0 unspecified atom stereocenters. The van der Waals surface area contributed by atoms with Crippen molar-refractivity contribution < 1.29 is 32.2 Å². The molecule has 0 aliphatic carbocycles. The van der Waals surface area contributed by atoms with Crippen LogP contribution in [-0.2, 0) is 9.53 Å². The molecule has 0 N–H and O–H groups in total. The lowest BCUT2D eigenvalue weighted by Gasteiger charge is -2.09. The number of hydrogen-bond donors (Lipinski definition) is 0. The van der Waals surface area contributed by atoms with Gasteiger partial charge in [-0.2, -0.15) is 13.2 Å². The lowest BCUT2D eigenvalue weighted by Crippen LogP contribution is -2.19. The molecule has 0 bridgehead atoms. The van der Waals surface area contributed by atoms with Crippen LogP contribution in [0.1, 0.15) is 22.8 Å². The van der Waals surface area contributed by atoms with Crippen molar-refractivity contribution >= 4 is 17.8 Å². The van der Waals surface area contributed by atoms with Crippen LogP contribution in [-0.4, -0.2) is 31.6 Å². The number of Topliss-reactive ketones (excluding diaryl/α,β-unsaturated/α-hetero) is 1. The van der Waals surface area contributed by atoms with Gasteiger partial charge in [-0.25, -0.2) is 4.79 Å². The molecule has 0 heterocycles. The third-order valence-corrected chi connectivity index (χ3v) is 2.41. The van der Waals surface area contributed by atoms with E-state index in [-0.39, 0.29) is 11.3 Å². The Hall–Kier alpha value is -2.31. The second kappa shape index (κ2) is 6.92. The van der Waals surface area contributed by atoms with Gasteiger partial charge in [-0.1, -0.05) is 12.1 Å². The Morgan fingerprint density at radius 1 is 1.29 bits per heavy atom. The van der Waals surface area contributed by atoms with Gasteiger partial charge in [0.05, 0.1) is 12.7 Å². The Morgan fingerprint density at radius 3 is 2.48 bits per heavy atom. The molecule has 4 nitrogen and oxygen atoms in total. The van der Waals surface area contributed by atoms with Crippen molar-refractivity contribution in [1.29, 1.82) is 0 Å². The second-order valence-electron chi connectivity index (χ2n) is 4.04. The Bertz CT molecular complexity index is 562. The van der Waals surface area contributed by atoms with Crippen LogP contribution < -0.4 is 4.74 Å². The molecule has 1 rings (SSSR count). The van der Waals surface area contributed by atoms with Crippen molar-refractivity contribution in [3.63, 3.8) is 0 Å². The Balaban J connectivity index is 2.90. The molecule has 0 spiro atoms. The zero-order valence-electron chi connectivity index (χ0n) is 11.4. The standard InChI is InChI=1S/C14H13F3O4/c1-9(18)13-10(4-3-5-11(13)20-2)6-7-12(19)21-8-14(15,16)17/h3-7H,8H2,1-2H3/b7-6+. The maximum Gasteiger partial charge on any atom is 0.422 e. The first-order chi connectivity index (χ1) is 9.74. The average molecular weight is 302 g/mol. The van der Waals surface area contributed by atoms with E-state index in [1.807, 2.05) is 0 Å². The van der Waals surface area contributed by atoms with Crippen molar-refractivity contribution in [3.05, 3.63) is 35.4 Å². The van der Waals surface area contributed by atoms with Gasteiger partial charge in [0.15, 0.2) is 12.4 Å². The molecule has 0 aromatic heterocycles. The number of alkyl halides is 3. The van der Waals surface area contributed by atoms with Gasteiger partial charge < -0.3 is 9.47 Å². The van der Waals surface area contributed by atoms with Gasteiger partial charge in [-0.3, -0.25) is 4.79 Å². The van der Waals surface area contributed by atoms with Crippen LogP contribution in [0.4, 0.5) is 13.2 Å². The number of hydrogen-bond acceptors (Lipinski definition) is 4. The van der Waals surface area contributed by atoms with Gasteiger partial charge in [-0.05, 0) is 24.6 Å². The number of carbonyl (C=O) groups is 2. The first-order valence-electron chi connectivity index (χ1n) is 5.84. The average Bonchev–Trinajstić information content (AvgIpc) is 2.41. The first kappa shape index (κ1) is 16.7. The summed E-state index contributed by atoms with van der Waals surface area (Å²) in [5.74, 6) is -1.13. The quantitative estimate of drug-likeness (QED) is 0.476. The van der Waals surface area contributed by atoms with E-state index in [0.717, 1.165) is 6.08 Å². The lowest BCUT2D eigenvalue weighted by molar-refractivity contribution is -0.182. The molecule has 0 fully saturated rings. The summed E-state index contributed by atoms with van der Waals surface area (Å²) in [4.78, 5) is 22.7. The van der Waals surface area contributed by atoms with Gasteiger partial charge in [0, 0.05) is 6.08 Å². The van der Waals surface area contributed by atoms with Crippen LogP contribution in [0.5, 0.6) is 5.75 Å². The molecule has 114 valence electrons. The number of rotatable bonds is 5. The van der Waals surface area contributed by atoms with E-state index in [9.17, 15) is 22.8 Å². The van der Waals surface area contributed by atoms with E-state index in [2.05, 4.69) is 4.74 Å². The normalized spacial score (nSPS) is 11.5. The third-order valence-electron chi connectivity index (χ3n) is 2.41. The summed E-state index contributed by atoms with van der Waals surface area (Å²) in [6, 6.07) is 4.69. The molecule has 7 heteroatoms. The minimum absolute atomic E-state index is 0.236. The highest BCUT2D eigenvalue weighted by atomic mass is 19.4. The van der Waals surface area contributed by atoms with Crippen LogP contribution in [0.2, 0.25) is 0 Å². The predicted molar refractivity (Wildman–Crippen MR) is 69.0 cm³/mol. The van der Waals surface area contributed by atoms with Gasteiger partial charge in [0.1, 0.15) is 5.75 Å². The highest BCUT2D eigenvalue weighted by Gasteiger charge is 2.29. The summed E-state index contributed by atoms with van der Waals surface area (Å²) in [5.41, 5.74) is 0.589. The van der Waals surface area contributed by atoms with E-state index >= 15 is 0 Å². The van der Waals surface area contributed by atoms with Crippen molar-refractivity contribution in [2.45, 2.75) is 13.1 Å². The molecule has 21 heavy (non-hydrogen) atoms. The fourth-order valence-electron chi connectivity index (χ4n) is 1.59. The van der Waals surface area contributed by atoms with Gasteiger partial charge >= 0.3 is 12.1 Å². The molecule has 1 aromatic carbocycles. The Kier molecular flexibility index (Phi) is 5.52. The summed E-state index contributed by atoms with van der Waals surface area (Å²) in [6.07, 6.45) is -2.55. The van der Waals surface area contributed by atoms with Crippen LogP contribution in [0.25, 0.3) is 6.08 Å². The van der Waals surface area contributed by atoms with Gasteiger partial charge in [0.25, 0.3) is 0 Å². The second-order valence-corrected chi connectivity index (χ2v) is 4.04. The van der Waals surface area contributed by atoms with Crippen LogP contribution in [0, 0.1) is 0 Å². The van der Waals surface area contributed by atoms with Crippen molar-refractivity contribution in [2.24, 2.45) is 0 Å². The van der Waals surface area contributed by atoms with Crippen molar-refractivity contribution in [3.8, 4) is 5.75 Å². The van der Waals surface area contributed by atoms with E-state index in [1.165, 1.54) is 26.2 Å². The monoisotopic (exact) mass is 302 g/mol. The summed E-state index contributed by atoms with van der Waals surface area (Å²) >= 11 is 0. The molecule has 0 aliphatic rings. The fourth-order valence-corrected chi connectivity index (χ4v) is 1.59. The maximum atomic E-state index is 11.9. The SMILES string of the molecule is COc1cccc(/C=C/C(=O)OCC(F)(F)F)c1C(C)=O. The summed E-state index contributed by atoms with van der Waals surface area (Å²) in [5, 5.41) is 0. The number of ketones is 1. The Morgan fingerprint density at radius 2 is 1.95 bits per heavy atom. The van der Waals surface area contributed by atoms with E-state index in [1.54, 1.807) is 12.1 Å². The number of ether oxygens (including phenoxy) is 2. The first-order valence-corrected chi connectivity index (χ1v) is 5.84. The van der Waals surface area contributed by atoms with Crippen LogP contribution >= 0.6 is 0 Å². The number of methoxy groups -OCH3 is 1. The molecule has 1 aromatic rings. The smallest absolute Gasteiger partial charge is 0.422 e. The molecule has 0 saturated heterocycles. The molecular formula is C14H13F3O4. The summed E-state index contributed by atoms with van der Waals surface area (Å²) in [6.45, 7) is -0.342. The molecule has 0 amide bonds. The molecule has 0 atom stereocenters. The minimum atomic E-state index is -4.58. The number of benzene rings is 1. The highest BCUT2D eigenvalue weighted by Crippen LogP contribution is 2.24. The topological polar surface area (TPSA) is 52.6 Å². The number of halogens is 3. The molecule has 0 aliphatic heterocycles. The predicted octanol–water partition coefficient (Wildman–Crippen LogP) is 3.02. The zero-order chi connectivity index (χ0) is 16.0. The molecule has 0 radical (unpaired) electrons. The van der Waals surface area contributed by atoms with Gasteiger partial charge in [-0.15, -0.1) is 0 Å². The van der Waals surface area contributed by atoms with E-state index < -0.39 is 18.8 Å². The number of carbonyl (C=O) groups excluding carboxylic acids is 2. The summed E-state index contributed by atoms with van der Waals surface area (Å²) < 4.78 is 44.7. The molecule has 0 saturated carbocycles. The van der Waals surface area contributed by atoms with Crippen LogP contribution in [0.15, 0.2) is 24.3 Å². The minimum Gasteiger partial charge on any atom is -0.496 e. The van der Waals surface area contributed by atoms with E-state index in [4.69, 9.17) is 4.74 Å². The van der Waals surface area contributed by atoms with Crippen molar-refractivity contribution in [2.75, 3.05) is 13.7 Å². The van der Waals surface area contributed by atoms with Gasteiger partial charge in [0.2, 0.25) is 0 Å². The van der Waals surface area contributed by atoms with E-state index in [0.29, 0.717) is 11.3 Å². The highest BCUT2D eigenvalue weighted by molar-refractivity contribution is 6.01. The third kappa shape index (κ3) is 5.29. The Labute approximate surface area is 119 Å².